The summed E-state index contributed by atoms with van der Waals surface area (Å²) in [6.45, 7) is 9.21. The van der Waals surface area contributed by atoms with Crippen LogP contribution < -0.4 is 0 Å². The van der Waals surface area contributed by atoms with Crippen molar-refractivity contribution in [2.45, 2.75) is 31.8 Å². The number of hydrogen-bond donors (Lipinski definition) is 2. The summed E-state index contributed by atoms with van der Waals surface area (Å²) in [4.78, 5) is 18.2. The smallest absolute Gasteiger partial charge is 0.340 e. The van der Waals surface area contributed by atoms with E-state index in [-0.39, 0.29) is 11.2 Å². The second kappa shape index (κ2) is 4.17. The van der Waals surface area contributed by atoms with Crippen LogP contribution in [0.3, 0.4) is 0 Å². The minimum absolute atomic E-state index is 0.147. The molecule has 1 unspecified atom stereocenters. The second-order valence-electron chi connectivity index (χ2n) is 4.63. The molecule has 0 aliphatic carbocycles. The molecular weight excluding hydrogens is 229 g/mol. The van der Waals surface area contributed by atoms with Gasteiger partial charge in [-0.2, -0.15) is 0 Å². The molecule has 0 amide bonds. The Kier molecular flexibility index (Phi) is 3.43. The molecule has 0 aliphatic rings. The summed E-state index contributed by atoms with van der Waals surface area (Å²) >= 11 is 0. The highest BCUT2D eigenvalue weighted by Crippen LogP contribution is 2.52. The molecule has 1 rings (SSSR count). The Morgan fingerprint density at radius 3 is 2.44 bits per heavy atom. The fourth-order valence-electron chi connectivity index (χ4n) is 1.20. The fourth-order valence-corrected chi connectivity index (χ4v) is 1.93. The van der Waals surface area contributed by atoms with Crippen molar-refractivity contribution >= 4 is 7.60 Å². The lowest BCUT2D eigenvalue weighted by atomic mass is 9.92. The van der Waals surface area contributed by atoms with Gasteiger partial charge in [-0.3, -0.25) is 4.57 Å². The molecule has 0 fully saturated rings. The maximum absolute atomic E-state index is 11.2. The van der Waals surface area contributed by atoms with Gasteiger partial charge in [0, 0.05) is 11.5 Å². The summed E-state index contributed by atoms with van der Waals surface area (Å²) in [6, 6.07) is 1.56. The molecule has 0 saturated carbocycles. The van der Waals surface area contributed by atoms with Gasteiger partial charge in [0.1, 0.15) is 5.66 Å². The Morgan fingerprint density at radius 1 is 1.56 bits per heavy atom. The van der Waals surface area contributed by atoms with E-state index in [4.69, 9.17) is 14.3 Å². The van der Waals surface area contributed by atoms with Gasteiger partial charge in [-0.25, -0.2) is 0 Å². The summed E-state index contributed by atoms with van der Waals surface area (Å²) < 4.78 is 16.1. The van der Waals surface area contributed by atoms with Gasteiger partial charge < -0.3 is 14.3 Å². The first-order valence-corrected chi connectivity index (χ1v) is 6.49. The van der Waals surface area contributed by atoms with Crippen LogP contribution in [0, 0.1) is 0 Å². The predicted molar refractivity (Wildman–Crippen MR) is 60.2 cm³/mol. The number of nitrogens with zero attached hydrogens (tertiary/aromatic N) is 1. The molecule has 0 saturated heterocycles. The lowest BCUT2D eigenvalue weighted by Gasteiger charge is -2.13. The topological polar surface area (TPSA) is 83.6 Å². The van der Waals surface area contributed by atoms with Crippen molar-refractivity contribution in [1.29, 1.82) is 0 Å². The van der Waals surface area contributed by atoms with Crippen molar-refractivity contribution in [2.75, 3.05) is 0 Å². The predicted octanol–water partition coefficient (Wildman–Crippen LogP) is 2.38. The molecule has 1 heterocycles. The average molecular weight is 245 g/mol. The summed E-state index contributed by atoms with van der Waals surface area (Å²) in [5.74, 6) is 0.147. The Morgan fingerprint density at radius 2 is 2.12 bits per heavy atom. The summed E-state index contributed by atoms with van der Waals surface area (Å²) in [6.07, 6.45) is 1.17. The van der Waals surface area contributed by atoms with Gasteiger partial charge in [-0.15, -0.1) is 6.58 Å². The van der Waals surface area contributed by atoms with E-state index >= 15 is 0 Å². The molecule has 16 heavy (non-hydrogen) atoms. The van der Waals surface area contributed by atoms with Gasteiger partial charge in [0.05, 0.1) is 5.69 Å². The average Bonchev–Trinajstić information content (AvgIpc) is 2.50. The number of rotatable bonds is 3. The standard InChI is InChI=1S/C10H16NO4P/c1-5-8(16(12,13)14)7-6-9(11-15-7)10(2,3)4/h5-6,8H,1H2,2-4H3,(H2,12,13,14). The van der Waals surface area contributed by atoms with Crippen molar-refractivity contribution in [2.24, 2.45) is 0 Å². The van der Waals surface area contributed by atoms with E-state index in [9.17, 15) is 4.57 Å². The molecule has 2 N–H and O–H groups in total. The Labute approximate surface area is 94.3 Å². The van der Waals surface area contributed by atoms with Gasteiger partial charge in [0.25, 0.3) is 0 Å². The largest absolute Gasteiger partial charge is 0.360 e. The van der Waals surface area contributed by atoms with Crippen LogP contribution in [0.25, 0.3) is 0 Å². The normalized spacial score (nSPS) is 14.8. The molecule has 0 spiro atoms. The van der Waals surface area contributed by atoms with Crippen molar-refractivity contribution in [3.05, 3.63) is 30.2 Å². The first-order chi connectivity index (χ1) is 7.16. The quantitative estimate of drug-likeness (QED) is 0.631. The van der Waals surface area contributed by atoms with Gasteiger partial charge in [-0.05, 0) is 0 Å². The van der Waals surface area contributed by atoms with E-state index in [1.807, 2.05) is 20.8 Å². The van der Waals surface area contributed by atoms with Crippen molar-refractivity contribution in [3.63, 3.8) is 0 Å². The third-order valence-corrected chi connectivity index (χ3v) is 3.36. The van der Waals surface area contributed by atoms with Crippen LogP contribution in [0.4, 0.5) is 0 Å². The van der Waals surface area contributed by atoms with Crippen molar-refractivity contribution < 1.29 is 18.9 Å². The third kappa shape index (κ3) is 2.82. The molecule has 90 valence electrons. The Balaban J connectivity index is 3.11. The zero-order chi connectivity index (χ0) is 12.6. The second-order valence-corrected chi connectivity index (χ2v) is 6.37. The molecule has 1 atom stereocenters. The van der Waals surface area contributed by atoms with Gasteiger partial charge in [0.2, 0.25) is 0 Å². The maximum atomic E-state index is 11.2. The van der Waals surface area contributed by atoms with E-state index in [2.05, 4.69) is 11.7 Å². The highest BCUT2D eigenvalue weighted by Gasteiger charge is 2.32. The highest BCUT2D eigenvalue weighted by atomic mass is 31.2. The van der Waals surface area contributed by atoms with Crippen LogP contribution in [0.5, 0.6) is 0 Å². The summed E-state index contributed by atoms with van der Waals surface area (Å²) in [7, 11) is -4.29. The molecular formula is C10H16NO4P. The molecule has 0 aliphatic heterocycles. The highest BCUT2D eigenvalue weighted by molar-refractivity contribution is 7.52. The van der Waals surface area contributed by atoms with E-state index in [1.165, 1.54) is 6.08 Å². The van der Waals surface area contributed by atoms with Crippen molar-refractivity contribution in [1.82, 2.24) is 5.16 Å². The first kappa shape index (κ1) is 13.2. The van der Waals surface area contributed by atoms with Gasteiger partial charge in [0.15, 0.2) is 5.76 Å². The Bertz CT molecular complexity index is 426. The van der Waals surface area contributed by atoms with E-state index < -0.39 is 13.3 Å². The van der Waals surface area contributed by atoms with Crippen LogP contribution in [0.1, 0.15) is 37.9 Å². The van der Waals surface area contributed by atoms with Crippen LogP contribution >= 0.6 is 7.60 Å². The zero-order valence-corrected chi connectivity index (χ0v) is 10.4. The molecule has 0 aromatic carbocycles. The lowest BCUT2D eigenvalue weighted by Crippen LogP contribution is -2.11. The van der Waals surface area contributed by atoms with Crippen molar-refractivity contribution in [3.8, 4) is 0 Å². The number of hydrogen-bond acceptors (Lipinski definition) is 3. The molecule has 1 aromatic heterocycles. The third-order valence-electron chi connectivity index (χ3n) is 2.17. The molecule has 0 bridgehead atoms. The number of allylic oxidation sites excluding steroid dienone is 1. The van der Waals surface area contributed by atoms with E-state index in [0.717, 1.165) is 0 Å². The van der Waals surface area contributed by atoms with Crippen LogP contribution in [-0.2, 0) is 9.98 Å². The number of aromatic nitrogens is 1. The maximum Gasteiger partial charge on any atom is 0.340 e. The molecule has 1 aromatic rings. The Hall–Kier alpha value is -0.900. The van der Waals surface area contributed by atoms with Crippen LogP contribution in [0.15, 0.2) is 23.2 Å². The summed E-state index contributed by atoms with van der Waals surface area (Å²) in [5.41, 5.74) is -0.693. The van der Waals surface area contributed by atoms with E-state index in [1.54, 1.807) is 6.07 Å². The van der Waals surface area contributed by atoms with Crippen LogP contribution in [-0.4, -0.2) is 14.9 Å². The first-order valence-electron chi connectivity index (χ1n) is 4.81. The fraction of sp³-hybridized carbons (Fsp3) is 0.500. The minimum Gasteiger partial charge on any atom is -0.360 e. The zero-order valence-electron chi connectivity index (χ0n) is 9.54. The van der Waals surface area contributed by atoms with Gasteiger partial charge >= 0.3 is 7.60 Å². The monoisotopic (exact) mass is 245 g/mol. The van der Waals surface area contributed by atoms with E-state index in [0.29, 0.717) is 5.69 Å². The molecule has 0 radical (unpaired) electrons. The lowest BCUT2D eigenvalue weighted by molar-refractivity contribution is 0.335. The SMILES string of the molecule is C=CC(c1cc(C(C)(C)C)no1)P(=O)(O)O. The molecule has 5 nitrogen and oxygen atoms in total. The summed E-state index contributed by atoms with van der Waals surface area (Å²) in [5, 5.41) is 3.80. The van der Waals surface area contributed by atoms with Gasteiger partial charge in [-0.1, -0.05) is 32.0 Å². The van der Waals surface area contributed by atoms with Crippen LogP contribution in [0.2, 0.25) is 0 Å². The molecule has 6 heteroatoms. The minimum atomic E-state index is -4.29.